The Labute approximate surface area is 237 Å². The van der Waals surface area contributed by atoms with Crippen LogP contribution in [0.4, 0.5) is 4.39 Å². The Morgan fingerprint density at radius 2 is 1.85 bits per heavy atom. The zero-order valence-electron chi connectivity index (χ0n) is 22.6. The maximum atomic E-state index is 13.4. The van der Waals surface area contributed by atoms with E-state index in [1.165, 1.54) is 12.1 Å². The molecular formula is C31H32ClFN4O3. The van der Waals surface area contributed by atoms with Crippen molar-refractivity contribution >= 4 is 34.3 Å². The highest BCUT2D eigenvalue weighted by Gasteiger charge is 2.24. The van der Waals surface area contributed by atoms with Crippen molar-refractivity contribution in [2.24, 2.45) is 5.92 Å². The molecule has 0 radical (unpaired) electrons. The summed E-state index contributed by atoms with van der Waals surface area (Å²) in [5.41, 5.74) is 4.60. The summed E-state index contributed by atoms with van der Waals surface area (Å²) in [4.78, 5) is 27.6. The summed E-state index contributed by atoms with van der Waals surface area (Å²) in [6, 6.07) is 15.3. The van der Waals surface area contributed by atoms with Gasteiger partial charge in [0.1, 0.15) is 5.82 Å². The van der Waals surface area contributed by atoms with Gasteiger partial charge < -0.3 is 15.0 Å². The number of aryl methyl sites for hydroxylation is 1. The van der Waals surface area contributed by atoms with E-state index in [-0.39, 0.29) is 17.6 Å². The van der Waals surface area contributed by atoms with E-state index >= 15 is 0 Å². The number of hydrogen-bond acceptors (Lipinski definition) is 4. The molecule has 40 heavy (non-hydrogen) atoms. The molecular weight excluding hydrogens is 531 g/mol. The van der Waals surface area contributed by atoms with E-state index in [0.29, 0.717) is 48.3 Å². The zero-order valence-corrected chi connectivity index (χ0v) is 23.4. The lowest BCUT2D eigenvalue weighted by molar-refractivity contribution is 0.0681. The fourth-order valence-corrected chi connectivity index (χ4v) is 5.54. The Hall–Kier alpha value is -3.75. The van der Waals surface area contributed by atoms with Gasteiger partial charge in [0, 0.05) is 61.6 Å². The molecule has 1 N–H and O–H groups in total. The molecule has 7 nitrogen and oxygen atoms in total. The third kappa shape index (κ3) is 6.03. The maximum absolute atomic E-state index is 13.4. The van der Waals surface area contributed by atoms with Crippen LogP contribution in [0.2, 0.25) is 5.02 Å². The van der Waals surface area contributed by atoms with Crippen molar-refractivity contribution < 1.29 is 18.7 Å². The van der Waals surface area contributed by atoms with Crippen LogP contribution in [0.15, 0.2) is 60.8 Å². The minimum atomic E-state index is -0.382. The molecule has 1 aliphatic heterocycles. The van der Waals surface area contributed by atoms with Crippen LogP contribution in [0.5, 0.6) is 0 Å². The Morgan fingerprint density at radius 3 is 2.55 bits per heavy atom. The number of halogens is 2. The maximum Gasteiger partial charge on any atom is 0.253 e. The second kappa shape index (κ2) is 12.2. The molecule has 0 aliphatic carbocycles. The van der Waals surface area contributed by atoms with Crippen LogP contribution in [0.3, 0.4) is 0 Å². The molecule has 5 rings (SSSR count). The summed E-state index contributed by atoms with van der Waals surface area (Å²) in [7, 11) is 1.60. The van der Waals surface area contributed by atoms with Crippen LogP contribution in [-0.4, -0.2) is 59.8 Å². The van der Waals surface area contributed by atoms with E-state index in [1.807, 2.05) is 47.0 Å². The van der Waals surface area contributed by atoms with Crippen molar-refractivity contribution in [2.45, 2.75) is 26.3 Å². The van der Waals surface area contributed by atoms with Gasteiger partial charge in [-0.2, -0.15) is 5.10 Å². The van der Waals surface area contributed by atoms with Crippen molar-refractivity contribution in [1.82, 2.24) is 20.0 Å². The van der Waals surface area contributed by atoms with Crippen LogP contribution < -0.4 is 5.32 Å². The van der Waals surface area contributed by atoms with Gasteiger partial charge in [0.2, 0.25) is 0 Å². The number of carbonyl (C=O) groups is 2. The minimum Gasteiger partial charge on any atom is -0.383 e. The fourth-order valence-electron chi connectivity index (χ4n) is 5.26. The fraction of sp³-hybridized carbons (Fsp3) is 0.323. The number of nitrogens with one attached hydrogen (secondary N) is 1. The number of methoxy groups -OCH3 is 1. The van der Waals surface area contributed by atoms with Gasteiger partial charge in [0.15, 0.2) is 0 Å². The first kappa shape index (κ1) is 27.8. The SMILES string of the molecule is COCCNC(=O)c1ccc2nn(CC3CCN(C(=O)c4ccc(-c5ccc(F)cc5Cl)cc4)CC3)cc2c1C. The van der Waals surface area contributed by atoms with Crippen LogP contribution in [-0.2, 0) is 11.3 Å². The minimum absolute atomic E-state index is 0.00645. The van der Waals surface area contributed by atoms with E-state index in [2.05, 4.69) is 5.32 Å². The van der Waals surface area contributed by atoms with Crippen LogP contribution >= 0.6 is 11.6 Å². The molecule has 1 fully saturated rings. The summed E-state index contributed by atoms with van der Waals surface area (Å²) in [5.74, 6) is -0.0898. The molecule has 2 heterocycles. The second-order valence-electron chi connectivity index (χ2n) is 10.2. The Balaban J connectivity index is 1.18. The lowest BCUT2D eigenvalue weighted by Gasteiger charge is -2.32. The average Bonchev–Trinajstić information content (AvgIpc) is 3.37. The summed E-state index contributed by atoms with van der Waals surface area (Å²) in [6.45, 7) is 5.00. The van der Waals surface area contributed by atoms with Gasteiger partial charge >= 0.3 is 0 Å². The first-order valence-electron chi connectivity index (χ1n) is 13.4. The molecule has 1 saturated heterocycles. The van der Waals surface area contributed by atoms with E-state index in [9.17, 15) is 14.0 Å². The normalized spacial score (nSPS) is 14.1. The largest absolute Gasteiger partial charge is 0.383 e. The number of aromatic nitrogens is 2. The highest BCUT2D eigenvalue weighted by molar-refractivity contribution is 6.33. The number of likely N-dealkylation sites (tertiary alicyclic amines) is 1. The Kier molecular flexibility index (Phi) is 8.47. The van der Waals surface area contributed by atoms with Crippen molar-refractivity contribution in [1.29, 1.82) is 0 Å². The van der Waals surface area contributed by atoms with Gasteiger partial charge in [0.25, 0.3) is 11.8 Å². The third-order valence-corrected chi connectivity index (χ3v) is 7.88. The van der Waals surface area contributed by atoms with Gasteiger partial charge in [0.05, 0.1) is 17.1 Å². The lowest BCUT2D eigenvalue weighted by atomic mass is 9.96. The molecule has 2 amide bonds. The van der Waals surface area contributed by atoms with Gasteiger partial charge in [-0.3, -0.25) is 14.3 Å². The number of nitrogens with zero attached hydrogens (tertiary/aromatic N) is 3. The number of rotatable bonds is 8. The zero-order chi connectivity index (χ0) is 28.2. The summed E-state index contributed by atoms with van der Waals surface area (Å²) in [5, 5.41) is 8.93. The van der Waals surface area contributed by atoms with Crippen molar-refractivity contribution in [3.63, 3.8) is 0 Å². The van der Waals surface area contributed by atoms with E-state index in [4.69, 9.17) is 21.4 Å². The number of benzene rings is 3. The van der Waals surface area contributed by atoms with Crippen LogP contribution in [0, 0.1) is 18.7 Å². The molecule has 0 spiro atoms. The molecule has 0 saturated carbocycles. The molecule has 0 unspecified atom stereocenters. The Morgan fingerprint density at radius 1 is 1.10 bits per heavy atom. The first-order valence-corrected chi connectivity index (χ1v) is 13.8. The monoisotopic (exact) mass is 562 g/mol. The van der Waals surface area contributed by atoms with Crippen LogP contribution in [0.25, 0.3) is 22.0 Å². The van der Waals surface area contributed by atoms with Crippen molar-refractivity contribution in [3.8, 4) is 11.1 Å². The summed E-state index contributed by atoms with van der Waals surface area (Å²) >= 11 is 6.19. The highest BCUT2D eigenvalue weighted by atomic mass is 35.5. The van der Waals surface area contributed by atoms with E-state index in [0.717, 1.165) is 47.0 Å². The number of carbonyl (C=O) groups excluding carboxylic acids is 2. The predicted octanol–water partition coefficient (Wildman–Crippen LogP) is 5.73. The van der Waals surface area contributed by atoms with E-state index < -0.39 is 0 Å². The molecule has 0 bridgehead atoms. The predicted molar refractivity (Wildman–Crippen MR) is 154 cm³/mol. The van der Waals surface area contributed by atoms with Crippen LogP contribution in [0.1, 0.15) is 39.1 Å². The topological polar surface area (TPSA) is 76.5 Å². The lowest BCUT2D eigenvalue weighted by Crippen LogP contribution is -2.39. The molecule has 3 aromatic carbocycles. The highest BCUT2D eigenvalue weighted by Crippen LogP contribution is 2.29. The first-order chi connectivity index (χ1) is 19.3. The summed E-state index contributed by atoms with van der Waals surface area (Å²) in [6.07, 6.45) is 3.79. The summed E-state index contributed by atoms with van der Waals surface area (Å²) < 4.78 is 20.4. The second-order valence-corrected chi connectivity index (χ2v) is 10.6. The Bertz CT molecular complexity index is 1530. The molecule has 0 atom stereocenters. The molecule has 9 heteroatoms. The molecule has 1 aromatic heterocycles. The average molecular weight is 563 g/mol. The molecule has 208 valence electrons. The quantitative estimate of drug-likeness (QED) is 0.278. The van der Waals surface area contributed by atoms with Gasteiger partial charge in [-0.25, -0.2) is 4.39 Å². The third-order valence-electron chi connectivity index (χ3n) is 7.56. The molecule has 4 aromatic rings. The number of fused-ring (bicyclic) bond motifs is 1. The number of amides is 2. The van der Waals surface area contributed by atoms with Gasteiger partial charge in [-0.05, 0) is 79.3 Å². The number of piperidine rings is 1. The van der Waals surface area contributed by atoms with Crippen molar-refractivity contribution in [2.75, 3.05) is 33.4 Å². The smallest absolute Gasteiger partial charge is 0.253 e. The number of ether oxygens (including phenoxy) is 1. The van der Waals surface area contributed by atoms with Gasteiger partial charge in [-0.1, -0.05) is 23.7 Å². The van der Waals surface area contributed by atoms with E-state index in [1.54, 1.807) is 25.3 Å². The molecule has 1 aliphatic rings. The standard InChI is InChI=1S/C31H32ClFN4O3/c1-20-25(30(38)34-13-16-40-2)9-10-29-27(20)19-37(35-29)18-21-11-14-36(15-12-21)31(39)23-5-3-22(4-6-23)26-8-7-24(33)17-28(26)32/h3-10,17,19,21H,11-16,18H2,1-2H3,(H,34,38). The number of hydrogen-bond donors (Lipinski definition) is 1. The van der Waals surface area contributed by atoms with Gasteiger partial charge in [-0.15, -0.1) is 0 Å². The van der Waals surface area contributed by atoms with Crippen molar-refractivity contribution in [3.05, 3.63) is 88.3 Å².